The third kappa shape index (κ3) is 4.01. The van der Waals surface area contributed by atoms with Crippen molar-refractivity contribution in [2.45, 2.75) is 13.0 Å². The maximum Gasteiger partial charge on any atom is 0.328 e. The lowest BCUT2D eigenvalue weighted by Gasteiger charge is -1.99. The van der Waals surface area contributed by atoms with E-state index in [1.165, 1.54) is 29.0 Å². The molecule has 1 N–H and O–H groups in total. The molecule has 23 heavy (non-hydrogen) atoms. The zero-order valence-electron chi connectivity index (χ0n) is 11.9. The van der Waals surface area contributed by atoms with Crippen LogP contribution in [0.15, 0.2) is 36.5 Å². The van der Waals surface area contributed by atoms with E-state index in [-0.39, 0.29) is 12.1 Å². The summed E-state index contributed by atoms with van der Waals surface area (Å²) in [5.41, 5.74) is 1.34. The molecule has 0 unspecified atom stereocenters. The number of aromatic nitrogens is 2. The third-order valence-electron chi connectivity index (χ3n) is 2.98. The molecule has 1 heterocycles. The molecule has 116 valence electrons. The van der Waals surface area contributed by atoms with Gasteiger partial charge in [-0.05, 0) is 6.08 Å². The minimum atomic E-state index is -1.11. The molecule has 0 spiro atoms. The first-order valence-corrected chi connectivity index (χ1v) is 6.61. The number of hydrogen-bond acceptors (Lipinski definition) is 5. The van der Waals surface area contributed by atoms with Gasteiger partial charge in [-0.3, -0.25) is 14.8 Å². The molecule has 0 amide bonds. The first-order chi connectivity index (χ1) is 11.0. The van der Waals surface area contributed by atoms with Gasteiger partial charge in [0.1, 0.15) is 0 Å². The smallest absolute Gasteiger partial charge is 0.328 e. The average Bonchev–Trinajstić information content (AvgIpc) is 2.94. The van der Waals surface area contributed by atoms with E-state index >= 15 is 0 Å². The van der Waals surface area contributed by atoms with Crippen LogP contribution in [0.3, 0.4) is 0 Å². The summed E-state index contributed by atoms with van der Waals surface area (Å²) in [6.45, 7) is 0.347. The molecule has 0 aliphatic carbocycles. The monoisotopic (exact) mass is 312 g/mol. The maximum atomic E-state index is 10.9. The van der Waals surface area contributed by atoms with Crippen molar-refractivity contribution in [3.63, 3.8) is 0 Å². The molecule has 8 heteroatoms. The van der Waals surface area contributed by atoms with Crippen molar-refractivity contribution in [3.8, 4) is 17.3 Å². The molecule has 8 nitrogen and oxygen atoms in total. The standard InChI is InChI=1S/C15H12N4O4/c16-7-2-8-18-10-12(5-6-14(20)21)15(17-18)11-3-1-4-13(9-11)19(22)23/h1,3-6,9-10H,2,8H2,(H,20,21)/b6-5+. The lowest BCUT2D eigenvalue weighted by atomic mass is 10.1. The summed E-state index contributed by atoms with van der Waals surface area (Å²) >= 11 is 0. The lowest BCUT2D eigenvalue weighted by molar-refractivity contribution is -0.384. The van der Waals surface area contributed by atoms with Crippen LogP contribution in [0.25, 0.3) is 17.3 Å². The van der Waals surface area contributed by atoms with Gasteiger partial charge in [0, 0.05) is 35.5 Å². The van der Waals surface area contributed by atoms with Crippen molar-refractivity contribution in [2.75, 3.05) is 0 Å². The summed E-state index contributed by atoms with van der Waals surface area (Å²) in [5, 5.41) is 32.6. The second kappa shape index (κ2) is 7.00. The van der Waals surface area contributed by atoms with E-state index in [2.05, 4.69) is 5.10 Å². The number of aryl methyl sites for hydroxylation is 1. The maximum absolute atomic E-state index is 10.9. The fourth-order valence-electron chi connectivity index (χ4n) is 1.99. The number of carboxylic acid groups (broad SMARTS) is 1. The van der Waals surface area contributed by atoms with E-state index in [0.717, 1.165) is 6.08 Å². The van der Waals surface area contributed by atoms with E-state index in [4.69, 9.17) is 10.4 Å². The Morgan fingerprint density at radius 3 is 2.96 bits per heavy atom. The highest BCUT2D eigenvalue weighted by Gasteiger charge is 2.13. The number of carbonyl (C=O) groups is 1. The summed E-state index contributed by atoms with van der Waals surface area (Å²) in [4.78, 5) is 21.1. The highest BCUT2D eigenvalue weighted by atomic mass is 16.6. The topological polar surface area (TPSA) is 122 Å². The molecule has 0 radical (unpaired) electrons. The van der Waals surface area contributed by atoms with Gasteiger partial charge in [0.25, 0.3) is 5.69 Å². The molecule has 2 rings (SSSR count). The Labute approximate surface area is 131 Å². The lowest BCUT2D eigenvalue weighted by Crippen LogP contribution is -1.97. The normalized spacial score (nSPS) is 10.6. The van der Waals surface area contributed by atoms with Crippen LogP contribution < -0.4 is 0 Å². The fourth-order valence-corrected chi connectivity index (χ4v) is 1.99. The number of carboxylic acids is 1. The number of non-ortho nitro benzene ring substituents is 1. The van der Waals surface area contributed by atoms with Crippen molar-refractivity contribution in [1.29, 1.82) is 5.26 Å². The number of nitro benzene ring substituents is 1. The van der Waals surface area contributed by atoms with Gasteiger partial charge in [-0.2, -0.15) is 10.4 Å². The van der Waals surface area contributed by atoms with E-state index in [1.807, 2.05) is 6.07 Å². The van der Waals surface area contributed by atoms with Crippen LogP contribution in [0, 0.1) is 21.4 Å². The molecule has 0 saturated heterocycles. The number of benzene rings is 1. The van der Waals surface area contributed by atoms with Crippen LogP contribution in [-0.2, 0) is 11.3 Å². The Kier molecular flexibility index (Phi) is 4.84. The molecular weight excluding hydrogens is 300 g/mol. The zero-order valence-corrected chi connectivity index (χ0v) is 11.9. The minimum Gasteiger partial charge on any atom is -0.478 e. The van der Waals surface area contributed by atoms with E-state index in [9.17, 15) is 14.9 Å². The first kappa shape index (κ1) is 15.9. The van der Waals surface area contributed by atoms with Gasteiger partial charge in [0.05, 0.1) is 29.7 Å². The number of nitrogens with zero attached hydrogens (tertiary/aromatic N) is 4. The summed E-state index contributed by atoms with van der Waals surface area (Å²) in [6, 6.07) is 7.92. The van der Waals surface area contributed by atoms with Gasteiger partial charge in [-0.15, -0.1) is 0 Å². The number of hydrogen-bond donors (Lipinski definition) is 1. The second-order valence-electron chi connectivity index (χ2n) is 4.58. The largest absolute Gasteiger partial charge is 0.478 e. The van der Waals surface area contributed by atoms with E-state index in [1.54, 1.807) is 12.3 Å². The highest BCUT2D eigenvalue weighted by Crippen LogP contribution is 2.26. The number of nitriles is 1. The average molecular weight is 312 g/mol. The number of aliphatic carboxylic acids is 1. The fraction of sp³-hybridized carbons (Fsp3) is 0.133. The van der Waals surface area contributed by atoms with Gasteiger partial charge in [-0.25, -0.2) is 4.79 Å². The molecule has 1 aromatic carbocycles. The Morgan fingerprint density at radius 2 is 2.30 bits per heavy atom. The summed E-state index contributed by atoms with van der Waals surface area (Å²) < 4.78 is 1.51. The quantitative estimate of drug-likeness (QED) is 0.496. The predicted molar refractivity (Wildman–Crippen MR) is 81.2 cm³/mol. The van der Waals surface area contributed by atoms with Crippen molar-refractivity contribution in [2.24, 2.45) is 0 Å². The summed E-state index contributed by atoms with van der Waals surface area (Å²) in [6.07, 6.45) is 4.18. The van der Waals surface area contributed by atoms with Gasteiger partial charge in [-0.1, -0.05) is 12.1 Å². The number of rotatable bonds is 6. The van der Waals surface area contributed by atoms with Gasteiger partial charge in [0.2, 0.25) is 0 Å². The van der Waals surface area contributed by atoms with Crippen LogP contribution in [0.2, 0.25) is 0 Å². The van der Waals surface area contributed by atoms with Crippen LogP contribution >= 0.6 is 0 Å². The van der Waals surface area contributed by atoms with Gasteiger partial charge >= 0.3 is 5.97 Å². The minimum absolute atomic E-state index is 0.0813. The van der Waals surface area contributed by atoms with E-state index in [0.29, 0.717) is 23.4 Å². The van der Waals surface area contributed by atoms with Crippen LogP contribution in [0.5, 0.6) is 0 Å². The Balaban J connectivity index is 2.48. The summed E-state index contributed by atoms with van der Waals surface area (Å²) in [5.74, 6) is -1.11. The predicted octanol–water partition coefficient (Wildman–Crippen LogP) is 2.47. The molecule has 0 saturated carbocycles. The third-order valence-corrected chi connectivity index (χ3v) is 2.98. The second-order valence-corrected chi connectivity index (χ2v) is 4.58. The van der Waals surface area contributed by atoms with Crippen LogP contribution in [-0.4, -0.2) is 25.8 Å². The summed E-state index contributed by atoms with van der Waals surface area (Å²) in [7, 11) is 0. The van der Waals surface area contributed by atoms with Gasteiger partial charge in [0.15, 0.2) is 0 Å². The van der Waals surface area contributed by atoms with Crippen LogP contribution in [0.1, 0.15) is 12.0 Å². The van der Waals surface area contributed by atoms with E-state index < -0.39 is 10.9 Å². The Hall–Kier alpha value is -3.47. The van der Waals surface area contributed by atoms with Crippen molar-refractivity contribution in [3.05, 3.63) is 52.2 Å². The number of nitro groups is 1. The van der Waals surface area contributed by atoms with Crippen LogP contribution in [0.4, 0.5) is 5.69 Å². The van der Waals surface area contributed by atoms with Crippen molar-refractivity contribution < 1.29 is 14.8 Å². The molecule has 0 atom stereocenters. The molecule has 2 aromatic rings. The zero-order chi connectivity index (χ0) is 16.8. The molecule has 0 bridgehead atoms. The molecule has 0 aliphatic rings. The molecular formula is C15H12N4O4. The van der Waals surface area contributed by atoms with Gasteiger partial charge < -0.3 is 5.11 Å². The van der Waals surface area contributed by atoms with Crippen molar-refractivity contribution in [1.82, 2.24) is 9.78 Å². The Morgan fingerprint density at radius 1 is 1.52 bits per heavy atom. The molecule has 1 aromatic heterocycles. The SMILES string of the molecule is N#CCCn1cc(/C=C/C(=O)O)c(-c2cccc([N+](=O)[O-])c2)n1. The molecule has 0 fully saturated rings. The highest BCUT2D eigenvalue weighted by molar-refractivity contribution is 5.87. The first-order valence-electron chi connectivity index (χ1n) is 6.61. The molecule has 0 aliphatic heterocycles. The van der Waals surface area contributed by atoms with Crippen molar-refractivity contribution >= 4 is 17.7 Å². The Bertz CT molecular complexity index is 817.